The normalized spacial score (nSPS) is 34.6. The number of fused-ring (bicyclic) bond motifs is 3. The SMILES string of the molecule is CC(O)C1C(=O)N2C(C(=O)ON)=C3CCCCC3C12. The Morgan fingerprint density at radius 1 is 1.53 bits per heavy atom. The van der Waals surface area contributed by atoms with Gasteiger partial charge in [0.1, 0.15) is 5.70 Å². The van der Waals surface area contributed by atoms with Crippen molar-refractivity contribution >= 4 is 11.9 Å². The Bertz CT molecular complexity index is 471. The van der Waals surface area contributed by atoms with Gasteiger partial charge in [-0.2, -0.15) is 5.90 Å². The summed E-state index contributed by atoms with van der Waals surface area (Å²) in [6.07, 6.45) is 3.17. The van der Waals surface area contributed by atoms with Gasteiger partial charge >= 0.3 is 5.97 Å². The van der Waals surface area contributed by atoms with Gasteiger partial charge in [-0.15, -0.1) is 0 Å². The molecule has 1 saturated carbocycles. The zero-order chi connectivity index (χ0) is 13.7. The van der Waals surface area contributed by atoms with E-state index in [0.717, 1.165) is 31.3 Å². The molecule has 4 unspecified atom stereocenters. The summed E-state index contributed by atoms with van der Waals surface area (Å²) < 4.78 is 0. The van der Waals surface area contributed by atoms with E-state index in [0.29, 0.717) is 5.70 Å². The van der Waals surface area contributed by atoms with Crippen LogP contribution in [0.15, 0.2) is 11.3 Å². The van der Waals surface area contributed by atoms with Crippen LogP contribution in [0, 0.1) is 11.8 Å². The van der Waals surface area contributed by atoms with E-state index in [2.05, 4.69) is 4.84 Å². The molecular weight excluding hydrogens is 248 g/mol. The van der Waals surface area contributed by atoms with Gasteiger partial charge in [0.15, 0.2) is 0 Å². The van der Waals surface area contributed by atoms with Crippen molar-refractivity contribution in [1.29, 1.82) is 0 Å². The quantitative estimate of drug-likeness (QED) is 0.545. The number of aliphatic hydroxyl groups excluding tert-OH is 1. The summed E-state index contributed by atoms with van der Waals surface area (Å²) in [4.78, 5) is 29.8. The maximum absolute atomic E-state index is 12.1. The maximum Gasteiger partial charge on any atom is 0.373 e. The molecule has 0 bridgehead atoms. The molecule has 0 aromatic carbocycles. The van der Waals surface area contributed by atoms with Gasteiger partial charge in [-0.05, 0) is 31.8 Å². The Balaban J connectivity index is 1.99. The van der Waals surface area contributed by atoms with E-state index < -0.39 is 18.0 Å². The van der Waals surface area contributed by atoms with Crippen molar-refractivity contribution in [3.63, 3.8) is 0 Å². The fraction of sp³-hybridized carbons (Fsp3) is 0.692. The van der Waals surface area contributed by atoms with E-state index in [9.17, 15) is 14.7 Å². The average molecular weight is 266 g/mol. The minimum Gasteiger partial charge on any atom is -0.393 e. The summed E-state index contributed by atoms with van der Waals surface area (Å²) in [5, 5.41) is 9.76. The topological polar surface area (TPSA) is 92.9 Å². The highest BCUT2D eigenvalue weighted by atomic mass is 16.7. The van der Waals surface area contributed by atoms with Gasteiger partial charge in [0.05, 0.1) is 18.1 Å². The van der Waals surface area contributed by atoms with Crippen LogP contribution in [-0.4, -0.2) is 34.0 Å². The van der Waals surface area contributed by atoms with Gasteiger partial charge < -0.3 is 14.8 Å². The van der Waals surface area contributed by atoms with Gasteiger partial charge in [-0.1, -0.05) is 6.42 Å². The molecule has 3 N–H and O–H groups in total. The number of nitrogens with two attached hydrogens (primary N) is 1. The molecule has 19 heavy (non-hydrogen) atoms. The van der Waals surface area contributed by atoms with E-state index in [4.69, 9.17) is 5.90 Å². The largest absolute Gasteiger partial charge is 0.393 e. The number of hydrogen-bond acceptors (Lipinski definition) is 5. The zero-order valence-corrected chi connectivity index (χ0v) is 10.8. The molecule has 4 atom stereocenters. The van der Waals surface area contributed by atoms with Crippen LogP contribution in [0.1, 0.15) is 32.6 Å². The van der Waals surface area contributed by atoms with Crippen LogP contribution < -0.4 is 5.90 Å². The minimum absolute atomic E-state index is 0.0862. The molecule has 104 valence electrons. The minimum atomic E-state index is -0.690. The molecule has 0 aromatic heterocycles. The molecule has 1 amide bonds. The molecule has 0 radical (unpaired) electrons. The van der Waals surface area contributed by atoms with Crippen molar-refractivity contribution in [1.82, 2.24) is 4.90 Å². The summed E-state index contributed by atoms with van der Waals surface area (Å²) in [6, 6.07) is -0.0862. The van der Waals surface area contributed by atoms with Crippen LogP contribution in [-0.2, 0) is 14.4 Å². The Morgan fingerprint density at radius 3 is 2.89 bits per heavy atom. The molecule has 1 saturated heterocycles. The predicted octanol–water partition coefficient (Wildman–Crippen LogP) is 0.0690. The first kappa shape index (κ1) is 12.6. The molecule has 0 aromatic rings. The van der Waals surface area contributed by atoms with E-state index >= 15 is 0 Å². The Kier molecular flexibility index (Phi) is 2.87. The highest BCUT2D eigenvalue weighted by molar-refractivity contribution is 6.00. The van der Waals surface area contributed by atoms with Gasteiger partial charge in [0.2, 0.25) is 5.91 Å². The van der Waals surface area contributed by atoms with Crippen LogP contribution >= 0.6 is 0 Å². The van der Waals surface area contributed by atoms with Crippen molar-refractivity contribution in [2.75, 3.05) is 0 Å². The predicted molar refractivity (Wildman–Crippen MR) is 65.1 cm³/mol. The molecule has 2 heterocycles. The summed E-state index contributed by atoms with van der Waals surface area (Å²) in [6.45, 7) is 1.63. The highest BCUT2D eigenvalue weighted by Gasteiger charge is 2.61. The number of carbonyl (C=O) groups excluding carboxylic acids is 2. The summed E-state index contributed by atoms with van der Waals surface area (Å²) in [7, 11) is 0. The first-order valence-electron chi connectivity index (χ1n) is 6.73. The fourth-order valence-corrected chi connectivity index (χ4v) is 3.86. The molecule has 0 spiro atoms. The second kappa shape index (κ2) is 4.31. The number of rotatable bonds is 2. The third-order valence-corrected chi connectivity index (χ3v) is 4.62. The number of β-lactam (4-membered cyclic amide) rings is 1. The molecule has 2 fully saturated rings. The van der Waals surface area contributed by atoms with Gasteiger partial charge in [-0.3, -0.25) is 4.79 Å². The van der Waals surface area contributed by atoms with Crippen LogP contribution in [0.5, 0.6) is 0 Å². The van der Waals surface area contributed by atoms with E-state index in [-0.39, 0.29) is 17.9 Å². The van der Waals surface area contributed by atoms with Crippen molar-refractivity contribution in [2.24, 2.45) is 17.7 Å². The third-order valence-electron chi connectivity index (χ3n) is 4.62. The molecule has 1 aliphatic carbocycles. The van der Waals surface area contributed by atoms with Gasteiger partial charge in [0, 0.05) is 5.92 Å². The highest BCUT2D eigenvalue weighted by Crippen LogP contribution is 2.52. The molecule has 3 aliphatic rings. The lowest BCUT2D eigenvalue weighted by atomic mass is 9.72. The molecule has 6 heteroatoms. The fourth-order valence-electron chi connectivity index (χ4n) is 3.86. The second-order valence-electron chi connectivity index (χ2n) is 5.60. The Hall–Kier alpha value is -1.40. The number of hydrogen-bond donors (Lipinski definition) is 2. The molecule has 2 aliphatic heterocycles. The van der Waals surface area contributed by atoms with E-state index in [1.165, 1.54) is 4.90 Å². The van der Waals surface area contributed by atoms with Crippen molar-refractivity contribution in [2.45, 2.75) is 44.8 Å². The lowest BCUT2D eigenvalue weighted by molar-refractivity contribution is -0.164. The Morgan fingerprint density at radius 2 is 2.26 bits per heavy atom. The summed E-state index contributed by atoms with van der Waals surface area (Å²) in [5.74, 6) is 3.92. The van der Waals surface area contributed by atoms with Crippen LogP contribution in [0.4, 0.5) is 0 Å². The van der Waals surface area contributed by atoms with Crippen LogP contribution in [0.2, 0.25) is 0 Å². The van der Waals surface area contributed by atoms with E-state index in [1.54, 1.807) is 6.92 Å². The number of carbonyl (C=O) groups is 2. The third kappa shape index (κ3) is 1.56. The molecular formula is C13H18N2O4. The lowest BCUT2D eigenvalue weighted by Gasteiger charge is -2.47. The van der Waals surface area contributed by atoms with Crippen LogP contribution in [0.3, 0.4) is 0 Å². The Labute approximate surface area is 111 Å². The number of amides is 1. The van der Waals surface area contributed by atoms with Crippen molar-refractivity contribution in [3.8, 4) is 0 Å². The average Bonchev–Trinajstić information content (AvgIpc) is 2.68. The maximum atomic E-state index is 12.1. The molecule has 3 rings (SSSR count). The number of aliphatic hydroxyl groups is 1. The first-order valence-corrected chi connectivity index (χ1v) is 6.73. The second-order valence-corrected chi connectivity index (χ2v) is 5.60. The van der Waals surface area contributed by atoms with Gasteiger partial charge in [0.25, 0.3) is 0 Å². The summed E-state index contributed by atoms with van der Waals surface area (Å²) in [5.41, 5.74) is 1.32. The molecule has 6 nitrogen and oxygen atoms in total. The summed E-state index contributed by atoms with van der Waals surface area (Å²) >= 11 is 0. The monoisotopic (exact) mass is 266 g/mol. The lowest BCUT2D eigenvalue weighted by Crippen LogP contribution is -2.64. The number of nitrogens with zero attached hydrogens (tertiary/aromatic N) is 1. The smallest absolute Gasteiger partial charge is 0.373 e. The first-order chi connectivity index (χ1) is 9.07. The standard InChI is InChI=1S/C13H18N2O4/c1-6(16)9-10-7-4-2-3-5-8(7)11(13(18)19-14)15(10)12(9)17/h6-7,9-10,16H,2-5,14H2,1H3. The van der Waals surface area contributed by atoms with Crippen molar-refractivity contribution < 1.29 is 19.5 Å². The van der Waals surface area contributed by atoms with Crippen molar-refractivity contribution in [3.05, 3.63) is 11.3 Å². The van der Waals surface area contributed by atoms with E-state index in [1.807, 2.05) is 0 Å². The van der Waals surface area contributed by atoms with Gasteiger partial charge in [-0.25, -0.2) is 4.79 Å². The zero-order valence-electron chi connectivity index (χ0n) is 10.8. The van der Waals surface area contributed by atoms with Crippen LogP contribution in [0.25, 0.3) is 0 Å².